The Morgan fingerprint density at radius 3 is 2.54 bits per heavy atom. The van der Waals surface area contributed by atoms with Crippen molar-refractivity contribution in [3.05, 3.63) is 53.6 Å². The first-order valence-electron chi connectivity index (χ1n) is 7.69. The molecule has 130 valence electrons. The van der Waals surface area contributed by atoms with Crippen molar-refractivity contribution in [1.82, 2.24) is 4.90 Å². The summed E-state index contributed by atoms with van der Waals surface area (Å²) in [5, 5.41) is 0. The van der Waals surface area contributed by atoms with Crippen LogP contribution < -0.4 is 15.2 Å². The van der Waals surface area contributed by atoms with Crippen LogP contribution in [0.15, 0.2) is 42.5 Å². The number of hydrogen-bond acceptors (Lipinski definition) is 5. The molecule has 1 aliphatic heterocycles. The molecule has 2 aromatic rings. The van der Waals surface area contributed by atoms with Crippen LogP contribution in [0, 0.1) is 0 Å². The minimum Gasteiger partial charge on any atom is -0.454 e. The minimum atomic E-state index is 0. The lowest BCUT2D eigenvalue weighted by atomic mass is 10.1. The molecular formula is C18H23ClN2O3. The topological polar surface area (TPSA) is 57.0 Å². The van der Waals surface area contributed by atoms with Crippen LogP contribution in [0.5, 0.6) is 11.5 Å². The van der Waals surface area contributed by atoms with E-state index in [1.807, 2.05) is 30.3 Å². The van der Waals surface area contributed by atoms with E-state index in [0.29, 0.717) is 13.4 Å². The number of rotatable bonds is 7. The highest BCUT2D eigenvalue weighted by Gasteiger charge is 2.15. The van der Waals surface area contributed by atoms with Crippen molar-refractivity contribution in [2.75, 3.05) is 32.8 Å². The summed E-state index contributed by atoms with van der Waals surface area (Å²) in [6, 6.07) is 14.1. The second-order valence-corrected chi connectivity index (χ2v) is 5.64. The molecule has 2 aromatic carbocycles. The standard InChI is InChI=1S/C18H22N2O3.ClH/c1-21-8-7-20(11-14-3-2-4-16(19)9-14)12-15-5-6-17-18(10-15)23-13-22-17;/h2-6,9-10H,7-8,11-13,19H2,1H3;1H. The van der Waals surface area contributed by atoms with Crippen LogP contribution in [0.1, 0.15) is 11.1 Å². The van der Waals surface area contributed by atoms with Gasteiger partial charge in [-0.15, -0.1) is 12.4 Å². The van der Waals surface area contributed by atoms with Crippen LogP contribution in [-0.2, 0) is 17.8 Å². The molecule has 1 aliphatic rings. The maximum Gasteiger partial charge on any atom is 0.231 e. The molecule has 6 heteroatoms. The van der Waals surface area contributed by atoms with Gasteiger partial charge in [0.05, 0.1) is 6.61 Å². The Morgan fingerprint density at radius 1 is 1.04 bits per heavy atom. The smallest absolute Gasteiger partial charge is 0.231 e. The molecule has 2 N–H and O–H groups in total. The van der Waals surface area contributed by atoms with Gasteiger partial charge in [0.2, 0.25) is 6.79 Å². The molecule has 0 saturated heterocycles. The van der Waals surface area contributed by atoms with Crippen LogP contribution in [0.3, 0.4) is 0 Å². The summed E-state index contributed by atoms with van der Waals surface area (Å²) in [7, 11) is 1.72. The monoisotopic (exact) mass is 350 g/mol. The van der Waals surface area contributed by atoms with Crippen molar-refractivity contribution in [1.29, 1.82) is 0 Å². The normalized spacial score (nSPS) is 12.2. The van der Waals surface area contributed by atoms with Gasteiger partial charge in [0, 0.05) is 32.4 Å². The lowest BCUT2D eigenvalue weighted by Gasteiger charge is -2.22. The maximum absolute atomic E-state index is 5.87. The third kappa shape index (κ3) is 4.77. The van der Waals surface area contributed by atoms with Crippen LogP contribution in [0.4, 0.5) is 5.69 Å². The van der Waals surface area contributed by atoms with Crippen molar-refractivity contribution >= 4 is 18.1 Å². The number of anilines is 1. The van der Waals surface area contributed by atoms with E-state index in [4.69, 9.17) is 19.9 Å². The van der Waals surface area contributed by atoms with Gasteiger partial charge in [-0.25, -0.2) is 0 Å². The summed E-state index contributed by atoms with van der Waals surface area (Å²) in [6.45, 7) is 3.47. The molecule has 1 heterocycles. The number of benzene rings is 2. The second kappa shape index (κ2) is 8.78. The Bertz CT molecular complexity index is 666. The molecule has 0 atom stereocenters. The van der Waals surface area contributed by atoms with Crippen LogP contribution in [0.25, 0.3) is 0 Å². The number of nitrogen functional groups attached to an aromatic ring is 1. The average molecular weight is 351 g/mol. The zero-order valence-electron chi connectivity index (χ0n) is 13.7. The molecule has 0 amide bonds. The molecular weight excluding hydrogens is 328 g/mol. The van der Waals surface area contributed by atoms with E-state index < -0.39 is 0 Å². The van der Waals surface area contributed by atoms with E-state index in [9.17, 15) is 0 Å². The largest absolute Gasteiger partial charge is 0.454 e. The summed E-state index contributed by atoms with van der Waals surface area (Å²) in [6.07, 6.45) is 0. The highest BCUT2D eigenvalue weighted by atomic mass is 35.5. The predicted molar refractivity (Wildman–Crippen MR) is 96.7 cm³/mol. The molecule has 0 radical (unpaired) electrons. The number of ether oxygens (including phenoxy) is 3. The molecule has 0 unspecified atom stereocenters. The molecule has 3 rings (SSSR count). The number of methoxy groups -OCH3 is 1. The first-order chi connectivity index (χ1) is 11.2. The van der Waals surface area contributed by atoms with Crippen LogP contribution in [0.2, 0.25) is 0 Å². The SMILES string of the molecule is COCCN(Cc1cccc(N)c1)Cc1ccc2c(c1)OCO2.Cl. The molecule has 0 aliphatic carbocycles. The third-order valence-electron chi connectivity index (χ3n) is 3.81. The number of hydrogen-bond donors (Lipinski definition) is 1. The molecule has 24 heavy (non-hydrogen) atoms. The van der Waals surface area contributed by atoms with E-state index in [2.05, 4.69) is 17.0 Å². The highest BCUT2D eigenvalue weighted by Crippen LogP contribution is 2.32. The maximum atomic E-state index is 5.87. The van der Waals surface area contributed by atoms with Crippen molar-refractivity contribution in [3.63, 3.8) is 0 Å². The van der Waals surface area contributed by atoms with E-state index in [0.717, 1.165) is 36.8 Å². The molecule has 0 aromatic heterocycles. The molecule has 0 saturated carbocycles. The molecule has 5 nitrogen and oxygen atoms in total. The van der Waals surface area contributed by atoms with Gasteiger partial charge in [-0.3, -0.25) is 4.90 Å². The van der Waals surface area contributed by atoms with Gasteiger partial charge in [0.25, 0.3) is 0 Å². The van der Waals surface area contributed by atoms with Crippen molar-refractivity contribution < 1.29 is 14.2 Å². The Morgan fingerprint density at radius 2 is 1.79 bits per heavy atom. The predicted octanol–water partition coefficient (Wildman–Crippen LogP) is 3.07. The summed E-state index contributed by atoms with van der Waals surface area (Å²) in [5.74, 6) is 1.63. The van der Waals surface area contributed by atoms with Gasteiger partial charge in [-0.05, 0) is 35.4 Å². The highest BCUT2D eigenvalue weighted by molar-refractivity contribution is 5.85. The van der Waals surface area contributed by atoms with E-state index in [1.165, 1.54) is 11.1 Å². The minimum absolute atomic E-state index is 0. The van der Waals surface area contributed by atoms with Gasteiger partial charge in [0.15, 0.2) is 11.5 Å². The first-order valence-corrected chi connectivity index (χ1v) is 7.69. The number of fused-ring (bicyclic) bond motifs is 1. The van der Waals surface area contributed by atoms with Crippen LogP contribution >= 0.6 is 12.4 Å². The summed E-state index contributed by atoms with van der Waals surface area (Å²) in [5.41, 5.74) is 9.05. The number of nitrogens with zero attached hydrogens (tertiary/aromatic N) is 1. The number of halogens is 1. The van der Waals surface area contributed by atoms with Gasteiger partial charge in [-0.1, -0.05) is 18.2 Å². The molecule has 0 bridgehead atoms. The lowest BCUT2D eigenvalue weighted by molar-refractivity contribution is 0.140. The third-order valence-corrected chi connectivity index (χ3v) is 3.81. The Kier molecular flexibility index (Phi) is 6.73. The fraction of sp³-hybridized carbons (Fsp3) is 0.333. The average Bonchev–Trinajstić information content (AvgIpc) is 3.00. The quantitative estimate of drug-likeness (QED) is 0.778. The van der Waals surface area contributed by atoms with E-state index in [-0.39, 0.29) is 12.4 Å². The molecule has 0 fully saturated rings. The van der Waals surface area contributed by atoms with E-state index >= 15 is 0 Å². The Balaban J connectivity index is 0.00000208. The summed E-state index contributed by atoms with van der Waals surface area (Å²) < 4.78 is 16.1. The van der Waals surface area contributed by atoms with Crippen LogP contribution in [-0.4, -0.2) is 32.0 Å². The van der Waals surface area contributed by atoms with Gasteiger partial charge >= 0.3 is 0 Å². The van der Waals surface area contributed by atoms with Crippen molar-refractivity contribution in [2.45, 2.75) is 13.1 Å². The van der Waals surface area contributed by atoms with Gasteiger partial charge in [-0.2, -0.15) is 0 Å². The fourth-order valence-electron chi connectivity index (χ4n) is 2.68. The van der Waals surface area contributed by atoms with E-state index in [1.54, 1.807) is 7.11 Å². The zero-order valence-corrected chi connectivity index (χ0v) is 14.6. The Hall–Kier alpha value is -1.95. The first kappa shape index (κ1) is 18.4. The van der Waals surface area contributed by atoms with Gasteiger partial charge in [0.1, 0.15) is 0 Å². The zero-order chi connectivity index (χ0) is 16.1. The lowest BCUT2D eigenvalue weighted by Crippen LogP contribution is -2.26. The second-order valence-electron chi connectivity index (χ2n) is 5.64. The molecule has 0 spiro atoms. The summed E-state index contributed by atoms with van der Waals surface area (Å²) >= 11 is 0. The fourth-order valence-corrected chi connectivity index (χ4v) is 2.68. The van der Waals surface area contributed by atoms with Gasteiger partial charge < -0.3 is 19.9 Å². The number of nitrogens with two attached hydrogens (primary N) is 1. The van der Waals surface area contributed by atoms with Crippen molar-refractivity contribution in [3.8, 4) is 11.5 Å². The summed E-state index contributed by atoms with van der Waals surface area (Å²) in [4.78, 5) is 2.33. The van der Waals surface area contributed by atoms with Crippen molar-refractivity contribution in [2.24, 2.45) is 0 Å². The Labute approximate surface area is 148 Å².